The van der Waals surface area contributed by atoms with Crippen LogP contribution in [0.5, 0.6) is 0 Å². The van der Waals surface area contributed by atoms with Crippen LogP contribution >= 0.6 is 31.1 Å². The second kappa shape index (κ2) is 63.3. The summed E-state index contributed by atoms with van der Waals surface area (Å²) in [6.45, 7) is 0. The topological polar surface area (TPSA) is 243 Å². The molecule has 18 heteroatoms. The molecule has 13 nitrogen and oxygen atoms in total. The molecule has 0 amide bonds. The molecular weight excluding hydrogens is 1880 g/mol. The standard InChI is InChI=1S/C25H22P.C18H15P.C16H14O2.3C15H12O2.C9H8O3.C7H7Br.BrH.Li.2H2O/c1-5-13-22(14-6-1)21-26(23-15-7-2-8-16-23,24-17-9-3-10-18-24)25-19-11-4-12-20-25;1-4-10-16(11-5-1)19(17-12-6-2-7-13-17)18-14-8-3-9-15-18;1-18-16(17)15-10-6-5-9-14(15)12-11-13-7-3-2-4-8-13;3*16-15(17)14-9-5-4-8-13(14)11-10-12-6-2-1-3-7-12;1-12-9(11)8-5-3-2-4-7(8)6-10;8-6-7-4-2-1-3-5-7;;;;/h1-20H,21H2;1-15H;2-12H,1H3;3*1-11H,(H,16,17);2-6H,1H3;1-5H,6H2;1H;;2*1H2/q+1;;;;;;;;;+1;;/p-2/b;;12-11+;2*11-10+;11-10-;;;;;;. The van der Waals surface area contributed by atoms with Crippen molar-refractivity contribution in [2.45, 2.75) is 11.5 Å². The zero-order valence-corrected chi connectivity index (χ0v) is 81.5. The molecule has 17 aromatic rings. The van der Waals surface area contributed by atoms with Crippen molar-refractivity contribution in [3.8, 4) is 0 Å². The van der Waals surface area contributed by atoms with Crippen molar-refractivity contribution in [3.63, 3.8) is 0 Å². The molecule has 138 heavy (non-hydrogen) atoms. The average molecular weight is 1980 g/mol. The molecule has 6 N–H and O–H groups in total. The van der Waals surface area contributed by atoms with Crippen molar-refractivity contribution in [3.05, 3.63) is 574 Å². The Morgan fingerprint density at radius 3 is 0.703 bits per heavy atom. The van der Waals surface area contributed by atoms with Crippen molar-refractivity contribution < 1.29 is 100 Å². The number of aromatic carboxylic acids is 3. The van der Waals surface area contributed by atoms with Gasteiger partial charge in [-0.2, -0.15) is 0 Å². The van der Waals surface area contributed by atoms with Crippen LogP contribution in [0.15, 0.2) is 485 Å². The first kappa shape index (κ1) is 112. The molecule has 17 aromatic carbocycles. The third kappa shape index (κ3) is 36.4. The molecule has 0 saturated heterocycles. The Morgan fingerprint density at radius 2 is 0.471 bits per heavy atom. The van der Waals surface area contributed by atoms with Crippen molar-refractivity contribution in [2.75, 3.05) is 14.2 Å². The molecule has 0 spiro atoms. The van der Waals surface area contributed by atoms with Gasteiger partial charge in [0.25, 0.3) is 0 Å². The van der Waals surface area contributed by atoms with E-state index in [1.54, 1.807) is 84.9 Å². The number of ether oxygens (including phenoxy) is 2. The summed E-state index contributed by atoms with van der Waals surface area (Å²) >= 11 is 3.36. The number of esters is 2. The Bertz CT molecular complexity index is 6110. The second-order valence-corrected chi connectivity index (χ2v) is 35.6. The summed E-state index contributed by atoms with van der Waals surface area (Å²) in [5, 5.41) is 36.5. The Labute approximate surface area is 841 Å². The maximum atomic E-state index is 11.6. The van der Waals surface area contributed by atoms with Crippen LogP contribution in [0.1, 0.15) is 118 Å². The smallest absolute Gasteiger partial charge is 1.00 e. The summed E-state index contributed by atoms with van der Waals surface area (Å²) in [6.07, 6.45) is 16.7. The molecule has 0 heterocycles. The van der Waals surface area contributed by atoms with Gasteiger partial charge in [-0.1, -0.05) is 483 Å². The summed E-state index contributed by atoms with van der Waals surface area (Å²) in [4.78, 5) is 66.0. The average Bonchev–Trinajstić information content (AvgIpc) is 0.735. The van der Waals surface area contributed by atoms with Crippen molar-refractivity contribution in [2.24, 2.45) is 0 Å². The van der Waals surface area contributed by atoms with Crippen LogP contribution in [0.2, 0.25) is 0 Å². The number of rotatable bonds is 23. The number of hydrogen-bond donors (Lipinski definition) is 3. The minimum Gasteiger partial charge on any atom is -1.00 e. The summed E-state index contributed by atoms with van der Waals surface area (Å²) in [6, 6.07) is 161. The molecule has 0 unspecified atom stereocenters. The maximum absolute atomic E-state index is 11.6. The molecule has 0 saturated carbocycles. The molecule has 0 bridgehead atoms. The maximum Gasteiger partial charge on any atom is 1.00 e. The van der Waals surface area contributed by atoms with E-state index in [9.17, 15) is 28.8 Å². The van der Waals surface area contributed by atoms with Crippen LogP contribution < -0.4 is 67.7 Å². The van der Waals surface area contributed by atoms with Crippen LogP contribution in [0, 0.1) is 0 Å². The first-order valence-corrected chi connectivity index (χ1v) is 47.5. The van der Waals surface area contributed by atoms with E-state index in [0.717, 1.165) is 39.3 Å². The normalized spacial score (nSPS) is 10.2. The van der Waals surface area contributed by atoms with E-state index in [-0.39, 0.29) is 52.8 Å². The minimum absolute atomic E-state index is 0. The van der Waals surface area contributed by atoms with E-state index >= 15 is 0 Å². The van der Waals surface area contributed by atoms with Gasteiger partial charge in [-0.15, -0.1) is 0 Å². The quantitative estimate of drug-likeness (QED) is 0.0135. The number of carbonyl (C=O) groups excluding carboxylic acids is 3. The van der Waals surface area contributed by atoms with Gasteiger partial charge in [0.15, 0.2) is 6.29 Å². The fourth-order valence-corrected chi connectivity index (χ4v) is 20.6. The Kier molecular flexibility index (Phi) is 51.3. The van der Waals surface area contributed by atoms with Gasteiger partial charge in [0.2, 0.25) is 0 Å². The van der Waals surface area contributed by atoms with Gasteiger partial charge in [-0.3, -0.25) is 4.79 Å². The van der Waals surface area contributed by atoms with Gasteiger partial charge in [-0.05, 0) is 146 Å². The van der Waals surface area contributed by atoms with E-state index in [2.05, 4.69) is 245 Å². The molecule has 0 radical (unpaired) electrons. The molecular formula is C120H105Br2LiO13P2. The number of halogens is 2. The molecule has 688 valence electrons. The van der Waals surface area contributed by atoms with Crippen LogP contribution in [-0.4, -0.2) is 76.6 Å². The Morgan fingerprint density at radius 1 is 0.275 bits per heavy atom. The van der Waals surface area contributed by atoms with E-state index in [4.69, 9.17) is 20.1 Å². The Hall–Kier alpha value is -14.9. The van der Waals surface area contributed by atoms with E-state index in [1.165, 1.54) is 57.2 Å². The molecule has 0 aromatic heterocycles. The van der Waals surface area contributed by atoms with Gasteiger partial charge in [-0.25, -0.2) is 24.0 Å². The first-order valence-electron chi connectivity index (χ1n) is 43.0. The number of aldehydes is 1. The number of carboxylic acids is 3. The molecule has 0 fully saturated rings. The van der Waals surface area contributed by atoms with Crippen molar-refractivity contribution in [1.29, 1.82) is 0 Å². The zero-order valence-electron chi connectivity index (χ0n) is 76.5. The summed E-state index contributed by atoms with van der Waals surface area (Å²) in [5.41, 5.74) is 12.1. The SMILES string of the molecule is BrCc1ccccc1.COC(=O)c1ccccc1/C=C/c1ccccc1.COC(=O)c1ccccc1C=O.O.O=C(O)c1ccccc1/C=C/c1ccccc1.O=C(O)c1ccccc1/C=C/c1ccccc1.O=C(O)c1ccccc1/C=C\c1ccccc1.[Br-].[Li+].[OH-].c1ccc(C[P+](c2ccccc2)(c2ccccc2)c2ccccc2)cc1.c1ccc(P(c2ccccc2)c2ccccc2)cc1. The fourth-order valence-electron chi connectivity index (χ4n) is 13.7. The largest absolute Gasteiger partial charge is 1.00 e. The van der Waals surface area contributed by atoms with E-state index in [0.29, 0.717) is 56.4 Å². The van der Waals surface area contributed by atoms with Crippen LogP contribution in [0.4, 0.5) is 0 Å². The van der Waals surface area contributed by atoms with Gasteiger partial charge >= 0.3 is 48.7 Å². The summed E-state index contributed by atoms with van der Waals surface area (Å²) < 4.78 is 9.24. The minimum atomic E-state index is -1.78. The monoisotopic (exact) mass is 1980 g/mol. The fraction of sp³-hybridized carbons (Fsp3) is 0.0333. The van der Waals surface area contributed by atoms with Gasteiger partial charge in [0.1, 0.15) is 23.2 Å². The molecule has 17 rings (SSSR count). The first-order chi connectivity index (χ1) is 65.7. The van der Waals surface area contributed by atoms with Crippen molar-refractivity contribution >= 4 is 148 Å². The Balaban J connectivity index is 0.000000244. The van der Waals surface area contributed by atoms with E-state index in [1.807, 2.05) is 225 Å². The third-order valence-corrected chi connectivity index (χ3v) is 27.8. The van der Waals surface area contributed by atoms with Gasteiger partial charge in [0.05, 0.1) is 48.2 Å². The number of carboxylic acid groups (broad SMARTS) is 3. The number of carbonyl (C=O) groups is 6. The number of benzene rings is 17. The summed E-state index contributed by atoms with van der Waals surface area (Å²) in [5.74, 6) is -3.52. The molecule has 0 aliphatic carbocycles. The van der Waals surface area contributed by atoms with Crippen LogP contribution in [0.25, 0.3) is 48.6 Å². The number of methoxy groups -OCH3 is 2. The molecule has 0 aliphatic heterocycles. The van der Waals surface area contributed by atoms with Crippen molar-refractivity contribution in [1.82, 2.24) is 0 Å². The van der Waals surface area contributed by atoms with Crippen LogP contribution in [0.3, 0.4) is 0 Å². The van der Waals surface area contributed by atoms with Crippen LogP contribution in [-0.2, 0) is 21.0 Å². The zero-order chi connectivity index (χ0) is 94.4. The molecule has 0 atom stereocenters. The summed E-state index contributed by atoms with van der Waals surface area (Å²) in [7, 11) is 0.449. The van der Waals surface area contributed by atoms with Gasteiger partial charge in [0, 0.05) is 10.9 Å². The predicted molar refractivity (Wildman–Crippen MR) is 568 cm³/mol. The number of hydrogen-bond acceptors (Lipinski definition) is 9. The second-order valence-electron chi connectivity index (χ2n) is 29.4. The van der Waals surface area contributed by atoms with Gasteiger partial charge < -0.3 is 52.7 Å². The number of alkyl halides is 1. The third-order valence-electron chi connectivity index (χ3n) is 20.3. The predicted octanol–water partition coefficient (Wildman–Crippen LogP) is 19.8. The molecule has 0 aliphatic rings. The van der Waals surface area contributed by atoms with E-state index < -0.39 is 39.1 Å².